The molecule has 6 rings (SSSR count). The van der Waals surface area contributed by atoms with Gasteiger partial charge in [0.25, 0.3) is 5.91 Å². The lowest BCUT2D eigenvalue weighted by Gasteiger charge is -2.44. The first-order valence-electron chi connectivity index (χ1n) is 10.6. The van der Waals surface area contributed by atoms with Gasteiger partial charge in [0, 0.05) is 37.3 Å². The number of nitrogens with one attached hydrogen (secondary N) is 2. The first kappa shape index (κ1) is 18.5. The average molecular weight is 396 g/mol. The van der Waals surface area contributed by atoms with Crippen molar-refractivity contribution >= 4 is 11.7 Å². The highest BCUT2D eigenvalue weighted by molar-refractivity contribution is 5.94. The molecule has 0 saturated carbocycles. The molecule has 7 heteroatoms. The summed E-state index contributed by atoms with van der Waals surface area (Å²) in [6.45, 7) is 6.59. The Labute approximate surface area is 171 Å². The number of piperidine rings is 3. The van der Waals surface area contributed by atoms with Crippen LogP contribution in [0.3, 0.4) is 0 Å². The quantitative estimate of drug-likeness (QED) is 0.813. The summed E-state index contributed by atoms with van der Waals surface area (Å²) in [6.07, 6.45) is 2.39. The number of hydrogen-bond acceptors (Lipinski definition) is 5. The summed E-state index contributed by atoms with van der Waals surface area (Å²) in [4.78, 5) is 20.6. The van der Waals surface area contributed by atoms with Crippen molar-refractivity contribution in [2.45, 2.75) is 18.9 Å². The van der Waals surface area contributed by atoms with Crippen molar-refractivity contribution in [3.63, 3.8) is 0 Å². The van der Waals surface area contributed by atoms with Crippen LogP contribution in [0.25, 0.3) is 0 Å². The number of H-pyrrole nitrogens is 1. The van der Waals surface area contributed by atoms with E-state index in [4.69, 9.17) is 9.47 Å². The van der Waals surface area contributed by atoms with Gasteiger partial charge in [-0.1, -0.05) is 0 Å². The summed E-state index contributed by atoms with van der Waals surface area (Å²) in [6, 6.07) is 11.6. The zero-order chi connectivity index (χ0) is 19.6. The zero-order valence-corrected chi connectivity index (χ0v) is 16.6. The summed E-state index contributed by atoms with van der Waals surface area (Å²) in [5.41, 5.74) is 0.675. The van der Waals surface area contributed by atoms with Crippen molar-refractivity contribution in [2.24, 2.45) is 5.92 Å². The molecule has 154 valence electrons. The van der Waals surface area contributed by atoms with E-state index in [-0.39, 0.29) is 11.9 Å². The number of benzene rings is 1. The van der Waals surface area contributed by atoms with Gasteiger partial charge in [0.05, 0.1) is 13.2 Å². The molecule has 7 nitrogen and oxygen atoms in total. The number of rotatable bonds is 5. The fourth-order valence-corrected chi connectivity index (χ4v) is 4.59. The van der Waals surface area contributed by atoms with Crippen molar-refractivity contribution in [1.82, 2.24) is 15.2 Å². The van der Waals surface area contributed by atoms with Crippen LogP contribution in [0.1, 0.15) is 23.2 Å². The minimum atomic E-state index is 0.00442. The molecule has 5 heterocycles. The van der Waals surface area contributed by atoms with Crippen LogP contribution in [0.2, 0.25) is 0 Å². The van der Waals surface area contributed by atoms with Gasteiger partial charge < -0.3 is 29.6 Å². The third kappa shape index (κ3) is 4.11. The second-order valence-electron chi connectivity index (χ2n) is 8.15. The molecule has 1 aromatic carbocycles. The number of hydrogen-bond donors (Lipinski definition) is 2. The van der Waals surface area contributed by atoms with Gasteiger partial charge in [-0.25, -0.2) is 0 Å². The van der Waals surface area contributed by atoms with E-state index < -0.39 is 0 Å². The maximum atomic E-state index is 12.6. The Bertz CT molecular complexity index is 836. The predicted octanol–water partition coefficient (Wildman–Crippen LogP) is 2.47. The van der Waals surface area contributed by atoms with E-state index in [1.165, 1.54) is 25.9 Å². The maximum absolute atomic E-state index is 12.6. The number of aromatic nitrogens is 1. The molecule has 1 aromatic heterocycles. The van der Waals surface area contributed by atoms with Crippen LogP contribution in [0, 0.1) is 5.92 Å². The molecular weight excluding hydrogens is 368 g/mol. The van der Waals surface area contributed by atoms with Gasteiger partial charge in [-0.15, -0.1) is 0 Å². The van der Waals surface area contributed by atoms with Gasteiger partial charge in [-0.05, 0) is 62.2 Å². The predicted molar refractivity (Wildman–Crippen MR) is 111 cm³/mol. The topological polar surface area (TPSA) is 69.8 Å². The number of ether oxygens (including phenoxy) is 2. The molecule has 4 aliphatic rings. The maximum Gasteiger partial charge on any atom is 0.251 e. The second-order valence-corrected chi connectivity index (χ2v) is 8.15. The summed E-state index contributed by atoms with van der Waals surface area (Å²) in [5, 5.41) is 3.23. The standard InChI is InChI=1S/C22H28N4O3/c27-22(23-19-15-25-9-7-16(19)8-10-25)17-1-3-18(4-2-17)29-21-6-5-20(24-21)26-11-13-28-14-12-26/h1-6,16,19,24H,7-15H2,(H,23,27). The molecule has 1 unspecified atom stereocenters. The van der Waals surface area contributed by atoms with Crippen molar-refractivity contribution < 1.29 is 14.3 Å². The van der Waals surface area contributed by atoms with E-state index in [0.717, 1.165) is 38.7 Å². The SMILES string of the molecule is O=C(NC1CN2CCC1CC2)c1ccc(Oc2ccc(N3CCOCC3)[nH]2)cc1. The summed E-state index contributed by atoms with van der Waals surface area (Å²) in [7, 11) is 0. The number of morpholine rings is 1. The highest BCUT2D eigenvalue weighted by Crippen LogP contribution is 2.28. The summed E-state index contributed by atoms with van der Waals surface area (Å²) < 4.78 is 11.3. The fourth-order valence-electron chi connectivity index (χ4n) is 4.59. The van der Waals surface area contributed by atoms with Crippen LogP contribution in [0.4, 0.5) is 5.82 Å². The van der Waals surface area contributed by atoms with E-state index in [1.807, 2.05) is 36.4 Å². The lowest BCUT2D eigenvalue weighted by molar-refractivity contribution is 0.0620. The number of carbonyl (C=O) groups excluding carboxylic acids is 1. The first-order valence-corrected chi connectivity index (χ1v) is 10.6. The molecule has 2 aromatic rings. The van der Waals surface area contributed by atoms with Crippen LogP contribution in [0.15, 0.2) is 36.4 Å². The Morgan fingerprint density at radius 3 is 2.48 bits per heavy atom. The van der Waals surface area contributed by atoms with Crippen molar-refractivity contribution in [1.29, 1.82) is 0 Å². The van der Waals surface area contributed by atoms with Gasteiger partial charge in [-0.2, -0.15) is 0 Å². The van der Waals surface area contributed by atoms with E-state index in [1.54, 1.807) is 0 Å². The second kappa shape index (κ2) is 8.08. The molecule has 0 radical (unpaired) electrons. The Morgan fingerprint density at radius 2 is 1.79 bits per heavy atom. The van der Waals surface area contributed by atoms with Crippen LogP contribution >= 0.6 is 0 Å². The Balaban J connectivity index is 1.18. The lowest BCUT2D eigenvalue weighted by Crippen LogP contribution is -2.57. The van der Waals surface area contributed by atoms with Crippen LogP contribution in [-0.4, -0.2) is 67.8 Å². The third-order valence-corrected chi connectivity index (χ3v) is 6.31. The zero-order valence-electron chi connectivity index (χ0n) is 16.6. The first-order chi connectivity index (χ1) is 14.2. The average Bonchev–Trinajstić information content (AvgIpc) is 3.24. The summed E-state index contributed by atoms with van der Waals surface area (Å²) >= 11 is 0. The lowest BCUT2D eigenvalue weighted by atomic mass is 9.84. The van der Waals surface area contributed by atoms with E-state index in [2.05, 4.69) is 20.1 Å². The number of anilines is 1. The Kier molecular flexibility index (Phi) is 5.16. The largest absolute Gasteiger partial charge is 0.441 e. The van der Waals surface area contributed by atoms with Gasteiger partial charge in [0.1, 0.15) is 11.6 Å². The van der Waals surface area contributed by atoms with Crippen LogP contribution in [0.5, 0.6) is 11.6 Å². The Hall–Kier alpha value is -2.51. The minimum Gasteiger partial charge on any atom is -0.441 e. The smallest absolute Gasteiger partial charge is 0.251 e. The molecule has 1 amide bonds. The highest BCUT2D eigenvalue weighted by atomic mass is 16.5. The number of fused-ring (bicyclic) bond motifs is 3. The molecule has 0 aliphatic carbocycles. The number of amides is 1. The molecule has 1 atom stereocenters. The van der Waals surface area contributed by atoms with Crippen LogP contribution < -0.4 is 15.0 Å². The molecule has 4 saturated heterocycles. The van der Waals surface area contributed by atoms with Crippen LogP contribution in [-0.2, 0) is 4.74 Å². The monoisotopic (exact) mass is 396 g/mol. The highest BCUT2D eigenvalue weighted by Gasteiger charge is 2.34. The number of nitrogens with zero attached hydrogens (tertiary/aromatic N) is 2. The van der Waals surface area contributed by atoms with Crippen molar-refractivity contribution in [2.75, 3.05) is 50.8 Å². The molecule has 4 fully saturated rings. The van der Waals surface area contributed by atoms with Crippen molar-refractivity contribution in [3.8, 4) is 11.6 Å². The minimum absolute atomic E-state index is 0.00442. The molecule has 2 N–H and O–H groups in total. The number of aromatic amines is 1. The van der Waals surface area contributed by atoms with E-state index in [0.29, 0.717) is 23.1 Å². The molecular formula is C22H28N4O3. The Morgan fingerprint density at radius 1 is 1.03 bits per heavy atom. The normalized spacial score (nSPS) is 26.3. The molecule has 2 bridgehead atoms. The number of carbonyl (C=O) groups is 1. The van der Waals surface area contributed by atoms with Crippen molar-refractivity contribution in [3.05, 3.63) is 42.0 Å². The fraction of sp³-hybridized carbons (Fsp3) is 0.500. The molecule has 4 aliphatic heterocycles. The molecule has 29 heavy (non-hydrogen) atoms. The van der Waals surface area contributed by atoms with Gasteiger partial charge in [0.2, 0.25) is 0 Å². The van der Waals surface area contributed by atoms with Gasteiger partial charge in [-0.3, -0.25) is 4.79 Å². The third-order valence-electron chi connectivity index (χ3n) is 6.31. The van der Waals surface area contributed by atoms with Gasteiger partial charge in [0.15, 0.2) is 5.88 Å². The van der Waals surface area contributed by atoms with E-state index in [9.17, 15) is 4.79 Å². The molecule has 0 spiro atoms. The van der Waals surface area contributed by atoms with E-state index >= 15 is 0 Å². The van der Waals surface area contributed by atoms with Gasteiger partial charge >= 0.3 is 0 Å². The summed E-state index contributed by atoms with van der Waals surface area (Å²) in [5.74, 6) is 3.07.